The third kappa shape index (κ3) is 4.68. The Morgan fingerprint density at radius 1 is 1.28 bits per heavy atom. The van der Waals surface area contributed by atoms with Crippen molar-refractivity contribution in [3.05, 3.63) is 41.5 Å². The lowest BCUT2D eigenvalue weighted by molar-refractivity contribution is -0.148. The second-order valence-electron chi connectivity index (χ2n) is 7.48. The number of hydrogen-bond donors (Lipinski definition) is 2. The van der Waals surface area contributed by atoms with Gasteiger partial charge in [0.1, 0.15) is 17.6 Å². The number of aliphatic hydroxyl groups is 1. The molecular formula is C20H24N2O7. The highest BCUT2D eigenvalue weighted by Gasteiger charge is 2.34. The number of aliphatic hydroxyl groups excluding tert-OH is 1. The number of fused-ring (bicyclic) bond motifs is 1. The van der Waals surface area contributed by atoms with Gasteiger partial charge in [-0.2, -0.15) is 0 Å². The van der Waals surface area contributed by atoms with E-state index in [-0.39, 0.29) is 24.9 Å². The molecule has 2 atom stereocenters. The Hall–Kier alpha value is -3.07. The first-order chi connectivity index (χ1) is 13.7. The van der Waals surface area contributed by atoms with Gasteiger partial charge in [-0.3, -0.25) is 4.79 Å². The molecule has 0 radical (unpaired) electrons. The maximum atomic E-state index is 12.6. The summed E-state index contributed by atoms with van der Waals surface area (Å²) in [4.78, 5) is 31.5. The molecule has 9 nitrogen and oxygen atoms in total. The van der Waals surface area contributed by atoms with Crippen LogP contribution in [0.2, 0.25) is 0 Å². The van der Waals surface area contributed by atoms with Gasteiger partial charge in [-0.25, -0.2) is 9.78 Å². The summed E-state index contributed by atoms with van der Waals surface area (Å²) in [6.07, 6.45) is -0.0403. The van der Waals surface area contributed by atoms with Crippen LogP contribution in [0.4, 0.5) is 0 Å². The van der Waals surface area contributed by atoms with Crippen molar-refractivity contribution in [2.24, 2.45) is 0 Å². The largest absolute Gasteiger partial charge is 0.465 e. The monoisotopic (exact) mass is 404 g/mol. The number of imidazole rings is 1. The van der Waals surface area contributed by atoms with E-state index in [0.717, 1.165) is 0 Å². The molecule has 29 heavy (non-hydrogen) atoms. The predicted octanol–water partition coefficient (Wildman–Crippen LogP) is 2.47. The number of rotatable bonds is 6. The zero-order valence-electron chi connectivity index (χ0n) is 16.7. The maximum Gasteiger partial charge on any atom is 0.374 e. The maximum absolute atomic E-state index is 12.6. The van der Waals surface area contributed by atoms with Crippen molar-refractivity contribution in [1.29, 1.82) is 0 Å². The molecule has 2 aromatic rings. The summed E-state index contributed by atoms with van der Waals surface area (Å²) in [5.41, 5.74) is -0.0296. The van der Waals surface area contributed by atoms with Crippen LogP contribution in [0.25, 0.3) is 0 Å². The fourth-order valence-corrected chi connectivity index (χ4v) is 2.88. The number of carbonyl (C=O) groups is 2. The Morgan fingerprint density at radius 3 is 2.69 bits per heavy atom. The third-order valence-corrected chi connectivity index (χ3v) is 4.12. The smallest absolute Gasteiger partial charge is 0.374 e. The van der Waals surface area contributed by atoms with Crippen molar-refractivity contribution < 1.29 is 33.6 Å². The molecule has 1 aromatic heterocycles. The van der Waals surface area contributed by atoms with Crippen LogP contribution in [0.3, 0.4) is 0 Å². The molecule has 1 aromatic carbocycles. The zero-order valence-corrected chi connectivity index (χ0v) is 16.7. The normalized spacial score (nSPS) is 14.9. The summed E-state index contributed by atoms with van der Waals surface area (Å²) in [7, 11) is 0. The van der Waals surface area contributed by atoms with Gasteiger partial charge in [-0.15, -0.1) is 0 Å². The van der Waals surface area contributed by atoms with Crippen molar-refractivity contribution in [3.8, 4) is 11.5 Å². The molecule has 2 N–H and O–H groups in total. The molecule has 0 bridgehead atoms. The van der Waals surface area contributed by atoms with E-state index < -0.39 is 29.6 Å². The molecule has 3 rings (SSSR count). The van der Waals surface area contributed by atoms with Crippen molar-refractivity contribution in [2.45, 2.75) is 45.3 Å². The Morgan fingerprint density at radius 2 is 2.00 bits per heavy atom. The first kappa shape index (κ1) is 20.7. The van der Waals surface area contributed by atoms with Crippen LogP contribution in [0.1, 0.15) is 61.6 Å². The van der Waals surface area contributed by atoms with Crippen LogP contribution in [0.5, 0.6) is 11.5 Å². The number of nitrogens with zero attached hydrogens (tertiary/aromatic N) is 1. The molecule has 156 valence electrons. The molecule has 9 heteroatoms. The van der Waals surface area contributed by atoms with Gasteiger partial charge >= 0.3 is 11.9 Å². The van der Waals surface area contributed by atoms with Gasteiger partial charge < -0.3 is 29.0 Å². The van der Waals surface area contributed by atoms with Gasteiger partial charge in [-0.1, -0.05) is 6.07 Å². The quantitative estimate of drug-likeness (QED) is 0.705. The van der Waals surface area contributed by atoms with Gasteiger partial charge in [0.05, 0.1) is 18.5 Å². The van der Waals surface area contributed by atoms with Crippen molar-refractivity contribution in [2.75, 3.05) is 13.4 Å². The van der Waals surface area contributed by atoms with Crippen LogP contribution >= 0.6 is 0 Å². The van der Waals surface area contributed by atoms with E-state index in [9.17, 15) is 14.7 Å². The van der Waals surface area contributed by atoms with E-state index in [1.54, 1.807) is 45.9 Å². The molecule has 0 aliphatic carbocycles. The van der Waals surface area contributed by atoms with Gasteiger partial charge in [0.15, 0.2) is 11.5 Å². The number of H-pyrrole nitrogens is 1. The van der Waals surface area contributed by atoms with Crippen LogP contribution in [0.15, 0.2) is 24.4 Å². The number of benzene rings is 1. The minimum Gasteiger partial charge on any atom is -0.465 e. The number of nitrogens with one attached hydrogen (secondary N) is 1. The zero-order chi connectivity index (χ0) is 21.2. The van der Waals surface area contributed by atoms with Gasteiger partial charge in [-0.05, 0) is 45.4 Å². The van der Waals surface area contributed by atoms with Crippen molar-refractivity contribution in [3.63, 3.8) is 0 Å². The van der Waals surface area contributed by atoms with Crippen molar-refractivity contribution in [1.82, 2.24) is 9.97 Å². The molecule has 0 saturated carbocycles. The van der Waals surface area contributed by atoms with Crippen LogP contribution < -0.4 is 9.47 Å². The van der Waals surface area contributed by atoms with E-state index in [2.05, 4.69) is 9.97 Å². The Labute approximate surface area is 167 Å². The van der Waals surface area contributed by atoms with E-state index in [1.165, 1.54) is 6.20 Å². The predicted molar refractivity (Wildman–Crippen MR) is 101 cm³/mol. The highest BCUT2D eigenvalue weighted by atomic mass is 16.7. The average Bonchev–Trinajstić information content (AvgIpc) is 3.30. The lowest BCUT2D eigenvalue weighted by atomic mass is 9.91. The van der Waals surface area contributed by atoms with Crippen molar-refractivity contribution >= 4 is 11.9 Å². The summed E-state index contributed by atoms with van der Waals surface area (Å²) < 4.78 is 21.1. The first-order valence-electron chi connectivity index (χ1n) is 9.22. The lowest BCUT2D eigenvalue weighted by Gasteiger charge is -2.21. The van der Waals surface area contributed by atoms with Gasteiger partial charge in [0.25, 0.3) is 0 Å². The molecular weight excluding hydrogens is 380 g/mol. The van der Waals surface area contributed by atoms with Crippen LogP contribution in [0, 0.1) is 0 Å². The summed E-state index contributed by atoms with van der Waals surface area (Å²) in [5, 5.41) is 10.9. The van der Waals surface area contributed by atoms with E-state index >= 15 is 0 Å². The number of esters is 2. The Bertz CT molecular complexity index is 900. The first-order valence-corrected chi connectivity index (χ1v) is 9.22. The lowest BCUT2D eigenvalue weighted by Crippen LogP contribution is -2.25. The number of hydrogen-bond acceptors (Lipinski definition) is 8. The fraction of sp³-hybridized carbons (Fsp3) is 0.450. The highest BCUT2D eigenvalue weighted by Crippen LogP contribution is 2.38. The summed E-state index contributed by atoms with van der Waals surface area (Å²) in [6, 6.07) is 4.94. The van der Waals surface area contributed by atoms with E-state index in [4.69, 9.17) is 18.9 Å². The summed E-state index contributed by atoms with van der Waals surface area (Å²) in [6.45, 7) is 7.13. The minimum atomic E-state index is -1.34. The molecule has 0 saturated heterocycles. The van der Waals surface area contributed by atoms with Crippen LogP contribution in [-0.2, 0) is 14.3 Å². The number of carbonyl (C=O) groups excluding carboxylic acids is 2. The van der Waals surface area contributed by atoms with E-state index in [1.807, 2.05) is 0 Å². The standard InChI is InChI=1S/C20H24N2O7/c1-5-26-18(24)15(11-6-7-13-14(8-11)28-10-27-13)16(23)12-9-21-17(22-12)19(25)29-20(2,3)4/h6-9,15-16,23H,5,10H2,1-4H3,(H,21,22). The van der Waals surface area contributed by atoms with Gasteiger partial charge in [0, 0.05) is 0 Å². The summed E-state index contributed by atoms with van der Waals surface area (Å²) >= 11 is 0. The topological polar surface area (TPSA) is 120 Å². The average molecular weight is 404 g/mol. The molecule has 2 unspecified atom stereocenters. The van der Waals surface area contributed by atoms with Gasteiger partial charge in [0.2, 0.25) is 12.6 Å². The number of aromatic nitrogens is 2. The Kier molecular flexibility index (Phi) is 5.78. The molecule has 2 heterocycles. The fourth-order valence-electron chi connectivity index (χ4n) is 2.88. The molecule has 0 amide bonds. The number of ether oxygens (including phenoxy) is 4. The molecule has 0 fully saturated rings. The SMILES string of the molecule is CCOC(=O)C(c1ccc2c(c1)OCO2)C(O)c1cnc(C(=O)OC(C)(C)C)[nH]1. The van der Waals surface area contributed by atoms with Crippen LogP contribution in [-0.4, -0.2) is 46.0 Å². The highest BCUT2D eigenvalue weighted by molar-refractivity contribution is 5.85. The Balaban J connectivity index is 1.88. The van der Waals surface area contributed by atoms with E-state index in [0.29, 0.717) is 17.1 Å². The molecule has 1 aliphatic rings. The number of aromatic amines is 1. The molecule has 0 spiro atoms. The third-order valence-electron chi connectivity index (χ3n) is 4.12. The summed E-state index contributed by atoms with van der Waals surface area (Å²) in [5.74, 6) is -1.37. The second kappa shape index (κ2) is 8.12. The second-order valence-corrected chi connectivity index (χ2v) is 7.48. The molecule has 1 aliphatic heterocycles. The minimum absolute atomic E-state index is 0.0673.